The van der Waals surface area contributed by atoms with Gasteiger partial charge in [0.05, 0.1) is 11.6 Å². The van der Waals surface area contributed by atoms with Gasteiger partial charge in [0.25, 0.3) is 10.0 Å². The highest BCUT2D eigenvalue weighted by Crippen LogP contribution is 2.23. The molecule has 0 radical (unpaired) electrons. The van der Waals surface area contributed by atoms with Gasteiger partial charge in [0.1, 0.15) is 6.07 Å². The lowest BCUT2D eigenvalue weighted by Gasteiger charge is -2.33. The molecule has 1 saturated heterocycles. The molecule has 1 aromatic carbocycles. The standard InChI is InChI=1S/C25H35N7O3S/c1-28(2)9-10-29(3)11-12-30(4)23-6-5-21(18-26)22(17-23)20-31-13-15-32(16-14-31)36(33,34)25-8-7-24(19-27)35-25/h5-8,17H,9-16,20H2,1-4H3. The fraction of sp³-hybridized carbons (Fsp3) is 0.520. The van der Waals surface area contributed by atoms with Crippen LogP contribution in [0.5, 0.6) is 0 Å². The van der Waals surface area contributed by atoms with Gasteiger partial charge in [-0.25, -0.2) is 8.42 Å². The molecule has 0 amide bonds. The quantitative estimate of drug-likeness (QED) is 0.441. The molecule has 0 unspecified atom stereocenters. The van der Waals surface area contributed by atoms with E-state index in [1.54, 1.807) is 0 Å². The highest BCUT2D eigenvalue weighted by atomic mass is 32.2. The summed E-state index contributed by atoms with van der Waals surface area (Å²) in [4.78, 5) is 8.83. The Balaban J connectivity index is 1.59. The average Bonchev–Trinajstić information content (AvgIpc) is 3.37. The van der Waals surface area contributed by atoms with Gasteiger partial charge in [-0.3, -0.25) is 4.90 Å². The second-order valence-electron chi connectivity index (χ2n) is 9.39. The van der Waals surface area contributed by atoms with Gasteiger partial charge in [-0.1, -0.05) is 0 Å². The third kappa shape index (κ3) is 7.06. The minimum atomic E-state index is -3.78. The molecule has 3 rings (SSSR count). The van der Waals surface area contributed by atoms with Crippen molar-refractivity contribution >= 4 is 15.7 Å². The van der Waals surface area contributed by atoms with Crippen LogP contribution in [-0.2, 0) is 16.6 Å². The summed E-state index contributed by atoms with van der Waals surface area (Å²) < 4.78 is 32.2. The van der Waals surface area contributed by atoms with Gasteiger partial charge in [-0.2, -0.15) is 14.8 Å². The van der Waals surface area contributed by atoms with Gasteiger partial charge in [0.2, 0.25) is 10.9 Å². The van der Waals surface area contributed by atoms with Crippen LogP contribution < -0.4 is 4.90 Å². The van der Waals surface area contributed by atoms with E-state index in [0.29, 0.717) is 38.3 Å². The molecule has 0 atom stereocenters. The summed E-state index contributed by atoms with van der Waals surface area (Å²) in [6.45, 7) is 6.07. The predicted octanol–water partition coefficient (Wildman–Crippen LogP) is 1.46. The van der Waals surface area contributed by atoms with E-state index >= 15 is 0 Å². The first kappa shape index (κ1) is 27.7. The van der Waals surface area contributed by atoms with Gasteiger partial charge >= 0.3 is 0 Å². The lowest BCUT2D eigenvalue weighted by molar-refractivity contribution is 0.180. The van der Waals surface area contributed by atoms with Crippen LogP contribution in [0.2, 0.25) is 0 Å². The smallest absolute Gasteiger partial charge is 0.276 e. The molecule has 10 nitrogen and oxygen atoms in total. The number of piperazine rings is 1. The van der Waals surface area contributed by atoms with Crippen molar-refractivity contribution in [3.8, 4) is 12.1 Å². The zero-order valence-corrected chi connectivity index (χ0v) is 22.3. The lowest BCUT2D eigenvalue weighted by Crippen LogP contribution is -2.48. The number of rotatable bonds is 11. The first-order valence-corrected chi connectivity index (χ1v) is 13.4. The van der Waals surface area contributed by atoms with Crippen molar-refractivity contribution in [1.29, 1.82) is 10.5 Å². The zero-order valence-electron chi connectivity index (χ0n) is 21.5. The molecule has 194 valence electrons. The van der Waals surface area contributed by atoms with Crippen LogP contribution in [0.4, 0.5) is 5.69 Å². The summed E-state index contributed by atoms with van der Waals surface area (Å²) >= 11 is 0. The number of anilines is 1. The van der Waals surface area contributed by atoms with E-state index in [0.717, 1.165) is 37.4 Å². The zero-order chi connectivity index (χ0) is 26.3. The minimum Gasteiger partial charge on any atom is -0.433 e. The van der Waals surface area contributed by atoms with Gasteiger partial charge in [-0.15, -0.1) is 0 Å². The third-order valence-corrected chi connectivity index (χ3v) is 8.18. The summed E-state index contributed by atoms with van der Waals surface area (Å²) in [6.07, 6.45) is 0. The van der Waals surface area contributed by atoms with E-state index in [2.05, 4.69) is 59.9 Å². The Bertz CT molecular complexity index is 1200. The topological polar surface area (TPSA) is 111 Å². The van der Waals surface area contributed by atoms with E-state index < -0.39 is 10.0 Å². The monoisotopic (exact) mass is 513 g/mol. The highest BCUT2D eigenvalue weighted by molar-refractivity contribution is 7.89. The maximum Gasteiger partial charge on any atom is 0.276 e. The SMILES string of the molecule is CN(C)CCN(C)CCN(C)c1ccc(C#N)c(CN2CCN(S(=O)(=O)c3ccc(C#N)o3)CC2)c1. The van der Waals surface area contributed by atoms with Crippen molar-refractivity contribution in [2.75, 3.05) is 85.4 Å². The fourth-order valence-electron chi connectivity index (χ4n) is 4.00. The molecular weight excluding hydrogens is 478 g/mol. The van der Waals surface area contributed by atoms with Crippen molar-refractivity contribution in [2.24, 2.45) is 0 Å². The second-order valence-corrected chi connectivity index (χ2v) is 11.3. The number of furan rings is 1. The first-order chi connectivity index (χ1) is 17.1. The molecule has 1 aliphatic rings. The summed E-state index contributed by atoms with van der Waals surface area (Å²) in [7, 11) is 4.54. The summed E-state index contributed by atoms with van der Waals surface area (Å²) in [5, 5.41) is 18.3. The van der Waals surface area contributed by atoms with E-state index in [-0.39, 0.29) is 10.9 Å². The second kappa shape index (κ2) is 12.3. The molecule has 1 fully saturated rings. The molecular formula is C25H35N7O3S. The van der Waals surface area contributed by atoms with E-state index in [4.69, 9.17) is 9.68 Å². The van der Waals surface area contributed by atoms with Crippen LogP contribution in [0.15, 0.2) is 39.8 Å². The Morgan fingerprint density at radius 2 is 1.61 bits per heavy atom. The molecule has 1 aromatic heterocycles. The summed E-state index contributed by atoms with van der Waals surface area (Å²) in [6, 6.07) is 12.7. The minimum absolute atomic E-state index is 0.0266. The Morgan fingerprint density at radius 1 is 0.917 bits per heavy atom. The van der Waals surface area contributed by atoms with Gasteiger partial charge in [0, 0.05) is 71.6 Å². The van der Waals surface area contributed by atoms with E-state index in [1.165, 1.54) is 16.4 Å². The molecule has 2 heterocycles. The van der Waals surface area contributed by atoms with Crippen molar-refractivity contribution in [2.45, 2.75) is 11.6 Å². The molecule has 0 bridgehead atoms. The number of sulfonamides is 1. The van der Waals surface area contributed by atoms with Gasteiger partial charge < -0.3 is 19.1 Å². The largest absolute Gasteiger partial charge is 0.433 e. The normalized spacial score (nSPS) is 15.2. The summed E-state index contributed by atoms with van der Waals surface area (Å²) in [5.74, 6) is -0.0266. The molecule has 11 heteroatoms. The van der Waals surface area contributed by atoms with Crippen molar-refractivity contribution in [3.05, 3.63) is 47.2 Å². The molecule has 0 spiro atoms. The molecule has 0 aliphatic carbocycles. The Kier molecular flexibility index (Phi) is 9.49. The number of likely N-dealkylation sites (N-methyl/N-ethyl adjacent to an activating group) is 3. The number of hydrogen-bond acceptors (Lipinski definition) is 9. The number of nitrogens with zero attached hydrogens (tertiary/aromatic N) is 7. The average molecular weight is 514 g/mol. The molecule has 2 aromatic rings. The lowest BCUT2D eigenvalue weighted by atomic mass is 10.1. The van der Waals surface area contributed by atoms with E-state index in [1.807, 2.05) is 18.2 Å². The van der Waals surface area contributed by atoms with Crippen molar-refractivity contribution in [1.82, 2.24) is 19.0 Å². The van der Waals surface area contributed by atoms with Crippen molar-refractivity contribution in [3.63, 3.8) is 0 Å². The van der Waals surface area contributed by atoms with Gasteiger partial charge in [0.15, 0.2) is 0 Å². The Labute approximate surface area is 214 Å². The number of benzene rings is 1. The summed E-state index contributed by atoms with van der Waals surface area (Å²) in [5.41, 5.74) is 2.62. The van der Waals surface area contributed by atoms with Crippen LogP contribution >= 0.6 is 0 Å². The first-order valence-electron chi connectivity index (χ1n) is 11.9. The fourth-order valence-corrected chi connectivity index (χ4v) is 5.34. The van der Waals surface area contributed by atoms with Crippen LogP contribution in [0.3, 0.4) is 0 Å². The van der Waals surface area contributed by atoms with Crippen LogP contribution in [-0.4, -0.2) is 108 Å². The number of nitriles is 2. The Morgan fingerprint density at radius 3 is 2.22 bits per heavy atom. The predicted molar refractivity (Wildman–Crippen MR) is 138 cm³/mol. The molecule has 36 heavy (non-hydrogen) atoms. The molecule has 0 N–H and O–H groups in total. The number of hydrogen-bond donors (Lipinski definition) is 0. The van der Waals surface area contributed by atoms with Crippen LogP contribution in [0.25, 0.3) is 0 Å². The van der Waals surface area contributed by atoms with Crippen LogP contribution in [0.1, 0.15) is 16.9 Å². The maximum absolute atomic E-state index is 12.8. The van der Waals surface area contributed by atoms with E-state index in [9.17, 15) is 13.7 Å². The third-order valence-electron chi connectivity index (χ3n) is 6.41. The molecule has 0 saturated carbocycles. The molecule has 1 aliphatic heterocycles. The highest BCUT2D eigenvalue weighted by Gasteiger charge is 2.31. The maximum atomic E-state index is 12.8. The van der Waals surface area contributed by atoms with Crippen molar-refractivity contribution < 1.29 is 12.8 Å². The van der Waals surface area contributed by atoms with Gasteiger partial charge in [-0.05, 0) is 57.0 Å². The Hall–Kier alpha value is -2.93. The van der Waals surface area contributed by atoms with Crippen LogP contribution in [0, 0.1) is 22.7 Å².